The Bertz CT molecular complexity index is 400. The molecule has 0 heterocycles. The van der Waals surface area contributed by atoms with Crippen molar-refractivity contribution in [2.24, 2.45) is 0 Å². The van der Waals surface area contributed by atoms with Gasteiger partial charge in [0, 0.05) is 23.7 Å². The van der Waals surface area contributed by atoms with Gasteiger partial charge in [0.25, 0.3) is 5.69 Å². The van der Waals surface area contributed by atoms with E-state index in [2.05, 4.69) is 0 Å². The van der Waals surface area contributed by atoms with Crippen molar-refractivity contribution in [1.29, 1.82) is 0 Å². The third-order valence-electron chi connectivity index (χ3n) is 2.34. The van der Waals surface area contributed by atoms with Crippen molar-refractivity contribution in [2.75, 3.05) is 6.61 Å². The summed E-state index contributed by atoms with van der Waals surface area (Å²) in [5.41, 5.74) is 0.607. The van der Waals surface area contributed by atoms with Crippen molar-refractivity contribution in [1.82, 2.24) is 0 Å². The van der Waals surface area contributed by atoms with E-state index in [-0.39, 0.29) is 17.5 Å². The van der Waals surface area contributed by atoms with Crippen molar-refractivity contribution in [3.63, 3.8) is 0 Å². The number of thioether (sulfide) groups is 1. The van der Waals surface area contributed by atoms with Crippen LogP contribution in [0.25, 0.3) is 0 Å². The van der Waals surface area contributed by atoms with Gasteiger partial charge in [-0.05, 0) is 12.5 Å². The fourth-order valence-electron chi connectivity index (χ4n) is 1.35. The quantitative estimate of drug-likeness (QED) is 0.639. The molecule has 4 nitrogen and oxygen atoms in total. The minimum absolute atomic E-state index is 0.0567. The lowest BCUT2D eigenvalue weighted by atomic mass is 10.2. The Hall–Kier alpha value is -0.780. The van der Waals surface area contributed by atoms with Crippen molar-refractivity contribution in [2.45, 2.75) is 24.3 Å². The maximum absolute atomic E-state index is 10.8. The molecule has 1 N–H and O–H groups in total. The average Bonchev–Trinajstić information content (AvgIpc) is 2.27. The normalized spacial score (nSPS) is 12.4. The zero-order valence-electron chi connectivity index (χ0n) is 9.43. The van der Waals surface area contributed by atoms with Gasteiger partial charge in [0.15, 0.2) is 0 Å². The highest BCUT2D eigenvalue weighted by Gasteiger charge is 2.17. The van der Waals surface area contributed by atoms with E-state index < -0.39 is 4.92 Å². The predicted octanol–water partition coefficient (Wildman–Crippen LogP) is 3.25. The average molecular weight is 276 g/mol. The minimum atomic E-state index is -0.418. The molecule has 0 aliphatic heterocycles. The molecule has 0 amide bonds. The molecule has 1 aromatic carbocycles. The highest BCUT2D eigenvalue weighted by Crippen LogP contribution is 2.31. The topological polar surface area (TPSA) is 63.4 Å². The summed E-state index contributed by atoms with van der Waals surface area (Å²) in [5.74, 6) is 0.483. The Labute approximate surface area is 109 Å². The van der Waals surface area contributed by atoms with Gasteiger partial charge in [0.2, 0.25) is 0 Å². The zero-order valence-corrected chi connectivity index (χ0v) is 11.0. The first-order valence-corrected chi connectivity index (χ1v) is 6.63. The van der Waals surface area contributed by atoms with Crippen LogP contribution < -0.4 is 0 Å². The van der Waals surface area contributed by atoms with Gasteiger partial charge < -0.3 is 5.11 Å². The second kappa shape index (κ2) is 6.83. The van der Waals surface area contributed by atoms with E-state index in [0.29, 0.717) is 22.8 Å². The van der Waals surface area contributed by atoms with Crippen LogP contribution in [0.4, 0.5) is 5.69 Å². The van der Waals surface area contributed by atoms with Crippen LogP contribution in [0.1, 0.15) is 18.9 Å². The summed E-state index contributed by atoms with van der Waals surface area (Å²) in [6, 6.07) is 4.69. The van der Waals surface area contributed by atoms with Gasteiger partial charge in [-0.25, -0.2) is 0 Å². The number of rotatable bonds is 6. The monoisotopic (exact) mass is 275 g/mol. The standard InChI is InChI=1S/C11H14ClNO3S/c1-8(5-6-14)17-7-9-10(12)3-2-4-11(9)13(15)16/h2-4,8,14H,5-7H2,1H3. The Morgan fingerprint density at radius 1 is 1.59 bits per heavy atom. The summed E-state index contributed by atoms with van der Waals surface area (Å²) in [6.07, 6.45) is 0.670. The Morgan fingerprint density at radius 3 is 2.88 bits per heavy atom. The highest BCUT2D eigenvalue weighted by atomic mass is 35.5. The summed E-state index contributed by atoms with van der Waals surface area (Å²) in [6.45, 7) is 2.10. The molecule has 0 aromatic heterocycles. The maximum atomic E-state index is 10.8. The van der Waals surface area contributed by atoms with E-state index in [0.717, 1.165) is 0 Å². The Kier molecular flexibility index (Phi) is 5.74. The molecular weight excluding hydrogens is 262 g/mol. The van der Waals surface area contributed by atoms with Crippen LogP contribution in [0.15, 0.2) is 18.2 Å². The lowest BCUT2D eigenvalue weighted by Crippen LogP contribution is -2.01. The van der Waals surface area contributed by atoms with Gasteiger partial charge in [-0.2, -0.15) is 11.8 Å². The number of nitro benzene ring substituents is 1. The van der Waals surface area contributed by atoms with Gasteiger partial charge in [-0.1, -0.05) is 24.6 Å². The summed E-state index contributed by atoms with van der Waals surface area (Å²) < 4.78 is 0. The van der Waals surface area contributed by atoms with E-state index in [1.54, 1.807) is 23.9 Å². The van der Waals surface area contributed by atoms with Gasteiger partial charge in [-0.15, -0.1) is 0 Å². The predicted molar refractivity (Wildman–Crippen MR) is 70.6 cm³/mol. The third-order valence-corrected chi connectivity index (χ3v) is 3.95. The van der Waals surface area contributed by atoms with E-state index in [9.17, 15) is 10.1 Å². The van der Waals surface area contributed by atoms with Crippen LogP contribution in [0.5, 0.6) is 0 Å². The van der Waals surface area contributed by atoms with E-state index in [1.165, 1.54) is 6.07 Å². The summed E-state index contributed by atoms with van der Waals surface area (Å²) in [7, 11) is 0. The molecule has 1 aromatic rings. The molecule has 17 heavy (non-hydrogen) atoms. The minimum Gasteiger partial charge on any atom is -0.396 e. The molecule has 6 heteroatoms. The fourth-order valence-corrected chi connectivity index (χ4v) is 2.69. The molecule has 0 aliphatic carbocycles. The fraction of sp³-hybridized carbons (Fsp3) is 0.455. The first-order chi connectivity index (χ1) is 8.06. The molecule has 0 bridgehead atoms. The smallest absolute Gasteiger partial charge is 0.274 e. The number of aliphatic hydroxyl groups excluding tert-OH is 1. The van der Waals surface area contributed by atoms with E-state index in [1.807, 2.05) is 6.92 Å². The van der Waals surface area contributed by atoms with Gasteiger partial charge in [0.05, 0.1) is 15.5 Å². The van der Waals surface area contributed by atoms with Crippen molar-refractivity contribution < 1.29 is 10.0 Å². The zero-order chi connectivity index (χ0) is 12.8. The van der Waals surface area contributed by atoms with Crippen LogP contribution in [0.2, 0.25) is 5.02 Å². The Balaban J connectivity index is 2.79. The van der Waals surface area contributed by atoms with E-state index >= 15 is 0 Å². The first-order valence-electron chi connectivity index (χ1n) is 5.20. The van der Waals surface area contributed by atoms with Crippen LogP contribution in [-0.4, -0.2) is 21.9 Å². The molecule has 1 rings (SSSR count). The van der Waals surface area contributed by atoms with E-state index in [4.69, 9.17) is 16.7 Å². The molecule has 0 saturated heterocycles. The number of nitro groups is 1. The second-order valence-corrected chi connectivity index (χ2v) is 5.46. The lowest BCUT2D eigenvalue weighted by molar-refractivity contribution is -0.385. The SMILES string of the molecule is CC(CCO)SCc1c(Cl)cccc1[N+](=O)[O-]. The Morgan fingerprint density at radius 2 is 2.29 bits per heavy atom. The van der Waals surface area contributed by atoms with Gasteiger partial charge in [0.1, 0.15) is 0 Å². The van der Waals surface area contributed by atoms with Crippen molar-refractivity contribution in [3.8, 4) is 0 Å². The number of halogens is 1. The number of hydrogen-bond donors (Lipinski definition) is 1. The van der Waals surface area contributed by atoms with Crippen LogP contribution in [0, 0.1) is 10.1 Å². The number of aliphatic hydroxyl groups is 1. The number of nitrogens with zero attached hydrogens (tertiary/aromatic N) is 1. The molecule has 0 saturated carbocycles. The molecule has 0 aliphatic rings. The maximum Gasteiger partial charge on any atom is 0.274 e. The van der Waals surface area contributed by atoms with Gasteiger partial charge in [-0.3, -0.25) is 10.1 Å². The largest absolute Gasteiger partial charge is 0.396 e. The summed E-state index contributed by atoms with van der Waals surface area (Å²) in [5, 5.41) is 20.3. The van der Waals surface area contributed by atoms with Crippen molar-refractivity contribution in [3.05, 3.63) is 38.9 Å². The molecule has 0 radical (unpaired) electrons. The lowest BCUT2D eigenvalue weighted by Gasteiger charge is -2.10. The third kappa shape index (κ3) is 4.18. The second-order valence-electron chi connectivity index (χ2n) is 3.63. The highest BCUT2D eigenvalue weighted by molar-refractivity contribution is 7.99. The molecule has 1 unspecified atom stereocenters. The van der Waals surface area contributed by atoms with Crippen LogP contribution in [0.3, 0.4) is 0 Å². The van der Waals surface area contributed by atoms with Gasteiger partial charge >= 0.3 is 0 Å². The molecule has 94 valence electrons. The summed E-state index contributed by atoms with van der Waals surface area (Å²) >= 11 is 7.52. The van der Waals surface area contributed by atoms with Crippen LogP contribution in [-0.2, 0) is 5.75 Å². The molecule has 0 spiro atoms. The van der Waals surface area contributed by atoms with Crippen molar-refractivity contribution >= 4 is 29.1 Å². The number of hydrogen-bond acceptors (Lipinski definition) is 4. The molecule has 0 fully saturated rings. The molecule has 1 atom stereocenters. The summed E-state index contributed by atoms with van der Waals surface area (Å²) in [4.78, 5) is 10.4. The number of benzene rings is 1. The molecular formula is C11H14ClNO3S. The van der Waals surface area contributed by atoms with Crippen LogP contribution >= 0.6 is 23.4 Å². The first kappa shape index (κ1) is 14.3.